The Morgan fingerprint density at radius 1 is 1.19 bits per heavy atom. The van der Waals surface area contributed by atoms with Gasteiger partial charge in [-0.3, -0.25) is 0 Å². The Labute approximate surface area is 96.5 Å². The summed E-state index contributed by atoms with van der Waals surface area (Å²) in [4.78, 5) is 2.47. The topological polar surface area (TPSA) is 12.5 Å². The van der Waals surface area contributed by atoms with Crippen molar-refractivity contribution >= 4 is 6.08 Å². The predicted molar refractivity (Wildman–Crippen MR) is 65.2 cm³/mol. The first kappa shape index (κ1) is 9.91. The van der Waals surface area contributed by atoms with Crippen molar-refractivity contribution in [1.29, 1.82) is 0 Å². The molecule has 1 aromatic carbocycles. The molecule has 84 valence electrons. The molecule has 0 N–H and O–H groups in total. The van der Waals surface area contributed by atoms with Gasteiger partial charge in [0.05, 0.1) is 13.2 Å². The molecular formula is C14H17NO. The summed E-state index contributed by atoms with van der Waals surface area (Å²) in [5.41, 5.74) is 4.31. The van der Waals surface area contributed by atoms with Crippen molar-refractivity contribution in [3.63, 3.8) is 0 Å². The fraction of sp³-hybridized carbons (Fsp3) is 0.429. The number of rotatable bonds is 1. The van der Waals surface area contributed by atoms with Gasteiger partial charge in [-0.05, 0) is 17.2 Å². The minimum absolute atomic E-state index is 0.536. The summed E-state index contributed by atoms with van der Waals surface area (Å²) in [6, 6.07) is 8.69. The van der Waals surface area contributed by atoms with E-state index in [1.54, 1.807) is 0 Å². The van der Waals surface area contributed by atoms with Crippen LogP contribution in [0.25, 0.3) is 6.08 Å². The Kier molecular flexibility index (Phi) is 2.44. The summed E-state index contributed by atoms with van der Waals surface area (Å²) in [6.07, 6.45) is 2.34. The van der Waals surface area contributed by atoms with E-state index in [2.05, 4.69) is 42.2 Å². The fourth-order valence-corrected chi connectivity index (χ4v) is 2.67. The number of fused-ring (bicyclic) bond motifs is 1. The Bertz CT molecular complexity index is 418. The van der Waals surface area contributed by atoms with Crippen LogP contribution in [0, 0.1) is 0 Å². The number of benzene rings is 1. The van der Waals surface area contributed by atoms with Crippen LogP contribution in [0.15, 0.2) is 30.0 Å². The van der Waals surface area contributed by atoms with Crippen molar-refractivity contribution in [1.82, 2.24) is 4.90 Å². The average molecular weight is 215 g/mol. The van der Waals surface area contributed by atoms with Crippen molar-refractivity contribution in [2.24, 2.45) is 0 Å². The Morgan fingerprint density at radius 3 is 2.69 bits per heavy atom. The first-order valence-electron chi connectivity index (χ1n) is 5.99. The van der Waals surface area contributed by atoms with E-state index >= 15 is 0 Å². The van der Waals surface area contributed by atoms with Gasteiger partial charge in [-0.25, -0.2) is 0 Å². The maximum atomic E-state index is 5.40. The van der Waals surface area contributed by atoms with Crippen LogP contribution >= 0.6 is 0 Å². The lowest BCUT2D eigenvalue weighted by Gasteiger charge is -2.32. The van der Waals surface area contributed by atoms with Gasteiger partial charge in [0.25, 0.3) is 0 Å². The SMILES string of the molecule is CC1C(N2CCOCC2)=Cc2ccccc21. The molecule has 0 spiro atoms. The molecule has 1 fully saturated rings. The van der Waals surface area contributed by atoms with Crippen LogP contribution < -0.4 is 0 Å². The van der Waals surface area contributed by atoms with Crippen molar-refractivity contribution in [2.75, 3.05) is 26.3 Å². The molecule has 0 aromatic heterocycles. The normalized spacial score (nSPS) is 24.2. The first-order chi connectivity index (χ1) is 7.86. The van der Waals surface area contributed by atoms with Gasteiger partial charge in [-0.2, -0.15) is 0 Å². The molecule has 1 unspecified atom stereocenters. The molecule has 0 radical (unpaired) electrons. The summed E-state index contributed by atoms with van der Waals surface area (Å²) < 4.78 is 5.40. The highest BCUT2D eigenvalue weighted by Gasteiger charge is 2.25. The fourth-order valence-electron chi connectivity index (χ4n) is 2.67. The monoisotopic (exact) mass is 215 g/mol. The highest BCUT2D eigenvalue weighted by molar-refractivity contribution is 5.65. The average Bonchev–Trinajstić information content (AvgIpc) is 2.69. The van der Waals surface area contributed by atoms with E-state index in [9.17, 15) is 0 Å². The second-order valence-corrected chi connectivity index (χ2v) is 4.52. The van der Waals surface area contributed by atoms with Crippen LogP contribution in [0.5, 0.6) is 0 Å². The second kappa shape index (κ2) is 3.95. The maximum Gasteiger partial charge on any atom is 0.0642 e. The number of allylic oxidation sites excluding steroid dienone is 1. The molecule has 1 atom stereocenters. The van der Waals surface area contributed by atoms with Crippen LogP contribution in [0.4, 0.5) is 0 Å². The highest BCUT2D eigenvalue weighted by atomic mass is 16.5. The van der Waals surface area contributed by atoms with Gasteiger partial charge in [0.1, 0.15) is 0 Å². The van der Waals surface area contributed by atoms with Gasteiger partial charge in [0, 0.05) is 24.7 Å². The predicted octanol–water partition coefficient (Wildman–Crippen LogP) is 2.48. The van der Waals surface area contributed by atoms with Crippen LogP contribution in [0.2, 0.25) is 0 Å². The zero-order valence-electron chi connectivity index (χ0n) is 9.65. The summed E-state index contributed by atoms with van der Waals surface area (Å²) >= 11 is 0. The van der Waals surface area contributed by atoms with E-state index in [1.807, 2.05) is 0 Å². The molecule has 1 aliphatic heterocycles. The summed E-state index contributed by atoms with van der Waals surface area (Å²) in [5, 5.41) is 0. The molecule has 16 heavy (non-hydrogen) atoms. The van der Waals surface area contributed by atoms with E-state index in [1.165, 1.54) is 16.8 Å². The highest BCUT2D eigenvalue weighted by Crippen LogP contribution is 2.37. The molecule has 1 heterocycles. The lowest BCUT2D eigenvalue weighted by atomic mass is 10.0. The van der Waals surface area contributed by atoms with Gasteiger partial charge in [-0.15, -0.1) is 0 Å². The Morgan fingerprint density at radius 2 is 1.94 bits per heavy atom. The van der Waals surface area contributed by atoms with E-state index < -0.39 is 0 Å². The summed E-state index contributed by atoms with van der Waals surface area (Å²) in [5.74, 6) is 0.536. The molecule has 3 rings (SSSR count). The number of morpholine rings is 1. The van der Waals surface area contributed by atoms with Gasteiger partial charge in [-0.1, -0.05) is 31.2 Å². The standard InChI is InChI=1S/C14H17NO/c1-11-13-5-3-2-4-12(13)10-14(11)15-6-8-16-9-7-15/h2-5,10-11H,6-9H2,1H3. The Balaban J connectivity index is 1.89. The molecule has 2 aliphatic rings. The van der Waals surface area contributed by atoms with Crippen molar-refractivity contribution in [3.05, 3.63) is 41.1 Å². The van der Waals surface area contributed by atoms with E-state index in [0.29, 0.717) is 5.92 Å². The molecule has 1 saturated heterocycles. The second-order valence-electron chi connectivity index (χ2n) is 4.52. The van der Waals surface area contributed by atoms with Crippen LogP contribution in [-0.4, -0.2) is 31.2 Å². The quantitative estimate of drug-likeness (QED) is 0.713. The zero-order valence-corrected chi connectivity index (χ0v) is 9.65. The molecule has 1 aromatic rings. The van der Waals surface area contributed by atoms with Crippen LogP contribution in [0.3, 0.4) is 0 Å². The third kappa shape index (κ3) is 1.54. The van der Waals surface area contributed by atoms with E-state index in [4.69, 9.17) is 4.74 Å². The third-order valence-corrected chi connectivity index (χ3v) is 3.59. The minimum atomic E-state index is 0.536. The smallest absolute Gasteiger partial charge is 0.0642 e. The number of nitrogens with zero attached hydrogens (tertiary/aromatic N) is 1. The van der Waals surface area contributed by atoms with Crippen LogP contribution in [0.1, 0.15) is 24.0 Å². The number of hydrogen-bond donors (Lipinski definition) is 0. The third-order valence-electron chi connectivity index (χ3n) is 3.59. The number of hydrogen-bond acceptors (Lipinski definition) is 2. The first-order valence-corrected chi connectivity index (χ1v) is 5.99. The number of ether oxygens (including phenoxy) is 1. The Hall–Kier alpha value is -1.28. The van der Waals surface area contributed by atoms with Gasteiger partial charge < -0.3 is 9.64 Å². The zero-order chi connectivity index (χ0) is 11.0. The molecule has 0 bridgehead atoms. The van der Waals surface area contributed by atoms with Crippen molar-refractivity contribution in [2.45, 2.75) is 12.8 Å². The largest absolute Gasteiger partial charge is 0.378 e. The lowest BCUT2D eigenvalue weighted by molar-refractivity contribution is 0.0520. The van der Waals surface area contributed by atoms with Crippen molar-refractivity contribution in [3.8, 4) is 0 Å². The van der Waals surface area contributed by atoms with Gasteiger partial charge >= 0.3 is 0 Å². The molecule has 2 nitrogen and oxygen atoms in total. The molecule has 0 saturated carbocycles. The summed E-state index contributed by atoms with van der Waals surface area (Å²) in [6.45, 7) is 6.09. The molecule has 2 heteroatoms. The van der Waals surface area contributed by atoms with Crippen molar-refractivity contribution < 1.29 is 4.74 Å². The van der Waals surface area contributed by atoms with Crippen LogP contribution in [-0.2, 0) is 4.74 Å². The molecular weight excluding hydrogens is 198 g/mol. The lowest BCUT2D eigenvalue weighted by Crippen LogP contribution is -2.36. The van der Waals surface area contributed by atoms with E-state index in [0.717, 1.165) is 26.3 Å². The maximum absolute atomic E-state index is 5.40. The molecule has 1 aliphatic carbocycles. The minimum Gasteiger partial charge on any atom is -0.378 e. The van der Waals surface area contributed by atoms with E-state index in [-0.39, 0.29) is 0 Å². The van der Waals surface area contributed by atoms with Gasteiger partial charge in [0.15, 0.2) is 0 Å². The molecule has 0 amide bonds. The van der Waals surface area contributed by atoms with Gasteiger partial charge in [0.2, 0.25) is 0 Å². The summed E-state index contributed by atoms with van der Waals surface area (Å²) in [7, 11) is 0.